The van der Waals surface area contributed by atoms with E-state index in [1.54, 1.807) is 6.20 Å². The van der Waals surface area contributed by atoms with Gasteiger partial charge in [0, 0.05) is 12.0 Å². The first kappa shape index (κ1) is 23.8. The molecule has 0 fully saturated rings. The molecular weight excluding hydrogens is 376 g/mol. The van der Waals surface area contributed by atoms with Crippen molar-refractivity contribution in [2.75, 3.05) is 6.61 Å². The lowest BCUT2D eigenvalue weighted by atomic mass is 10.1. The van der Waals surface area contributed by atoms with Gasteiger partial charge in [0.2, 0.25) is 5.88 Å². The highest BCUT2D eigenvalue weighted by molar-refractivity contribution is 5.71. The second kappa shape index (κ2) is 13.7. The molecule has 0 N–H and O–H groups in total. The van der Waals surface area contributed by atoms with Crippen LogP contribution >= 0.6 is 0 Å². The van der Waals surface area contributed by atoms with E-state index in [4.69, 9.17) is 9.47 Å². The molecule has 0 bridgehead atoms. The van der Waals surface area contributed by atoms with Gasteiger partial charge in [-0.3, -0.25) is 4.79 Å². The number of esters is 1. The molecular formula is C25H36N2O3. The normalized spacial score (nSPS) is 11.8. The van der Waals surface area contributed by atoms with Crippen molar-refractivity contribution in [3.05, 3.63) is 36.7 Å². The van der Waals surface area contributed by atoms with E-state index >= 15 is 0 Å². The number of nitrogens with zero attached hydrogens (tertiary/aromatic N) is 2. The van der Waals surface area contributed by atoms with Crippen LogP contribution in [-0.2, 0) is 4.79 Å². The molecule has 0 aliphatic carbocycles. The molecule has 0 radical (unpaired) electrons. The van der Waals surface area contributed by atoms with Gasteiger partial charge >= 0.3 is 5.97 Å². The maximum Gasteiger partial charge on any atom is 0.312 e. The fourth-order valence-electron chi connectivity index (χ4n) is 2.99. The van der Waals surface area contributed by atoms with E-state index in [0.29, 0.717) is 18.9 Å². The summed E-state index contributed by atoms with van der Waals surface area (Å²) < 4.78 is 11.1. The van der Waals surface area contributed by atoms with Crippen molar-refractivity contribution < 1.29 is 14.3 Å². The quantitative estimate of drug-likeness (QED) is 0.258. The summed E-state index contributed by atoms with van der Waals surface area (Å²) in [5, 5.41) is 0. The number of unbranched alkanes of at least 4 members (excludes halogenated alkanes) is 6. The third-order valence-electron chi connectivity index (χ3n) is 5.21. The van der Waals surface area contributed by atoms with E-state index in [1.165, 1.54) is 38.3 Å². The number of rotatable bonds is 14. The molecule has 0 aliphatic rings. The molecule has 1 atom stereocenters. The van der Waals surface area contributed by atoms with Crippen LogP contribution in [0.2, 0.25) is 0 Å². The Balaban J connectivity index is 1.74. The van der Waals surface area contributed by atoms with E-state index in [2.05, 4.69) is 30.7 Å². The summed E-state index contributed by atoms with van der Waals surface area (Å²) in [7, 11) is 0. The minimum absolute atomic E-state index is 0.242. The van der Waals surface area contributed by atoms with Gasteiger partial charge < -0.3 is 9.47 Å². The summed E-state index contributed by atoms with van der Waals surface area (Å²) in [6, 6.07) is 7.80. The molecule has 0 spiro atoms. The monoisotopic (exact) mass is 412 g/mol. The van der Waals surface area contributed by atoms with Crippen molar-refractivity contribution in [1.29, 1.82) is 0 Å². The maximum absolute atomic E-state index is 12.0. The summed E-state index contributed by atoms with van der Waals surface area (Å²) in [6.45, 7) is 7.26. The third-order valence-corrected chi connectivity index (χ3v) is 5.21. The molecule has 164 valence electrons. The first-order valence-electron chi connectivity index (χ1n) is 11.4. The topological polar surface area (TPSA) is 61.3 Å². The molecule has 1 heterocycles. The zero-order chi connectivity index (χ0) is 21.6. The lowest BCUT2D eigenvalue weighted by molar-refractivity contribution is -0.134. The molecule has 5 heteroatoms. The standard InChI is InChI=1S/C25H36N2O3/c1-4-6-7-8-9-10-11-12-25(28)30-24-18-26-23(17-27-24)21-13-15-22(16-14-21)29-19-20(3)5-2/h13-18,20H,4-12,19H2,1-3H3. The van der Waals surface area contributed by atoms with Gasteiger partial charge in [-0.05, 0) is 36.6 Å². The summed E-state index contributed by atoms with van der Waals surface area (Å²) in [5.74, 6) is 1.40. The van der Waals surface area contributed by atoms with E-state index < -0.39 is 0 Å². The lowest BCUT2D eigenvalue weighted by Gasteiger charge is -2.11. The Morgan fingerprint density at radius 1 is 0.933 bits per heavy atom. The highest BCUT2D eigenvalue weighted by atomic mass is 16.5. The van der Waals surface area contributed by atoms with Gasteiger partial charge in [-0.2, -0.15) is 0 Å². The van der Waals surface area contributed by atoms with Crippen LogP contribution in [0.5, 0.6) is 11.6 Å². The van der Waals surface area contributed by atoms with Crippen molar-refractivity contribution in [1.82, 2.24) is 9.97 Å². The average molecular weight is 413 g/mol. The van der Waals surface area contributed by atoms with Crippen molar-refractivity contribution in [3.8, 4) is 22.9 Å². The van der Waals surface area contributed by atoms with E-state index in [9.17, 15) is 4.79 Å². The molecule has 1 aromatic carbocycles. The first-order valence-corrected chi connectivity index (χ1v) is 11.4. The summed E-state index contributed by atoms with van der Waals surface area (Å²) >= 11 is 0. The smallest absolute Gasteiger partial charge is 0.312 e. The van der Waals surface area contributed by atoms with Crippen molar-refractivity contribution in [2.45, 2.75) is 78.6 Å². The minimum Gasteiger partial charge on any atom is -0.493 e. The summed E-state index contributed by atoms with van der Waals surface area (Å²) in [5.41, 5.74) is 1.68. The largest absolute Gasteiger partial charge is 0.493 e. The van der Waals surface area contributed by atoms with Crippen LogP contribution in [0, 0.1) is 5.92 Å². The second-order valence-corrected chi connectivity index (χ2v) is 7.93. The number of benzene rings is 1. The van der Waals surface area contributed by atoms with Crippen LogP contribution in [0.15, 0.2) is 36.7 Å². The number of hydrogen-bond donors (Lipinski definition) is 0. The van der Waals surface area contributed by atoms with Gasteiger partial charge in [0.1, 0.15) is 5.75 Å². The van der Waals surface area contributed by atoms with Gasteiger partial charge in [-0.15, -0.1) is 0 Å². The molecule has 0 saturated carbocycles. The van der Waals surface area contributed by atoms with Crippen LogP contribution in [0.1, 0.15) is 78.6 Å². The van der Waals surface area contributed by atoms with Crippen molar-refractivity contribution in [3.63, 3.8) is 0 Å². The van der Waals surface area contributed by atoms with Crippen LogP contribution in [0.25, 0.3) is 11.3 Å². The second-order valence-electron chi connectivity index (χ2n) is 7.93. The summed E-state index contributed by atoms with van der Waals surface area (Å²) in [4.78, 5) is 20.6. The Morgan fingerprint density at radius 2 is 1.63 bits per heavy atom. The Kier molecular flexibility index (Phi) is 10.9. The van der Waals surface area contributed by atoms with E-state index in [-0.39, 0.29) is 11.8 Å². The van der Waals surface area contributed by atoms with Gasteiger partial charge in [0.25, 0.3) is 0 Å². The van der Waals surface area contributed by atoms with Crippen molar-refractivity contribution in [2.24, 2.45) is 5.92 Å². The van der Waals surface area contributed by atoms with Gasteiger partial charge in [-0.25, -0.2) is 9.97 Å². The molecule has 30 heavy (non-hydrogen) atoms. The molecule has 1 unspecified atom stereocenters. The number of carbonyl (C=O) groups is 1. The van der Waals surface area contributed by atoms with Gasteiger partial charge in [0.05, 0.1) is 24.7 Å². The summed E-state index contributed by atoms with van der Waals surface area (Å²) in [6.07, 6.45) is 12.9. The Bertz CT molecular complexity index is 729. The van der Waals surface area contributed by atoms with Gasteiger partial charge in [-0.1, -0.05) is 65.7 Å². The van der Waals surface area contributed by atoms with Crippen LogP contribution in [-0.4, -0.2) is 22.5 Å². The molecule has 0 saturated heterocycles. The number of ether oxygens (including phenoxy) is 2. The molecule has 0 amide bonds. The van der Waals surface area contributed by atoms with Crippen LogP contribution in [0.4, 0.5) is 0 Å². The van der Waals surface area contributed by atoms with Crippen LogP contribution in [0.3, 0.4) is 0 Å². The predicted molar refractivity (Wildman–Crippen MR) is 121 cm³/mol. The highest BCUT2D eigenvalue weighted by Gasteiger charge is 2.08. The number of carbonyl (C=O) groups excluding carboxylic acids is 1. The zero-order valence-electron chi connectivity index (χ0n) is 18.7. The fourth-order valence-corrected chi connectivity index (χ4v) is 2.99. The molecule has 5 nitrogen and oxygen atoms in total. The Labute approximate surface area is 181 Å². The van der Waals surface area contributed by atoms with E-state index in [1.807, 2.05) is 24.3 Å². The Morgan fingerprint density at radius 3 is 2.27 bits per heavy atom. The number of aromatic nitrogens is 2. The minimum atomic E-state index is -0.242. The highest BCUT2D eigenvalue weighted by Crippen LogP contribution is 2.22. The first-order chi connectivity index (χ1) is 14.6. The molecule has 1 aromatic heterocycles. The fraction of sp³-hybridized carbons (Fsp3) is 0.560. The Hall–Kier alpha value is -2.43. The maximum atomic E-state index is 12.0. The molecule has 2 rings (SSSR count). The lowest BCUT2D eigenvalue weighted by Crippen LogP contribution is -2.09. The zero-order valence-corrected chi connectivity index (χ0v) is 18.7. The SMILES string of the molecule is CCCCCCCCCC(=O)Oc1cnc(-c2ccc(OCC(C)CC)cc2)cn1. The average Bonchev–Trinajstić information content (AvgIpc) is 2.77. The van der Waals surface area contributed by atoms with Crippen LogP contribution < -0.4 is 9.47 Å². The number of hydrogen-bond acceptors (Lipinski definition) is 5. The van der Waals surface area contributed by atoms with E-state index in [0.717, 1.165) is 36.3 Å². The van der Waals surface area contributed by atoms with Crippen molar-refractivity contribution >= 4 is 5.97 Å². The molecule has 0 aliphatic heterocycles. The molecule has 2 aromatic rings. The third kappa shape index (κ3) is 8.93. The predicted octanol–water partition coefficient (Wildman–Crippen LogP) is 6.61. The van der Waals surface area contributed by atoms with Gasteiger partial charge in [0.15, 0.2) is 0 Å².